The Morgan fingerprint density at radius 3 is 2.47 bits per heavy atom. The van der Waals surface area contributed by atoms with Crippen LogP contribution in [0, 0.1) is 0 Å². The number of para-hydroxylation sites is 1. The standard InChI is InChI=1S/C15H16N4/c1-15(2,3)13-12-9-16-10-17-14(12)19(18-13)11-7-5-4-6-8-11/h4-10H,1-3H3. The molecule has 0 unspecified atom stereocenters. The maximum atomic E-state index is 4.74. The van der Waals surface area contributed by atoms with Gasteiger partial charge in [-0.3, -0.25) is 0 Å². The molecule has 1 aromatic carbocycles. The summed E-state index contributed by atoms with van der Waals surface area (Å²) >= 11 is 0. The maximum absolute atomic E-state index is 4.74. The quantitative estimate of drug-likeness (QED) is 0.668. The van der Waals surface area contributed by atoms with Gasteiger partial charge in [0.05, 0.1) is 16.8 Å². The van der Waals surface area contributed by atoms with E-state index in [-0.39, 0.29) is 5.41 Å². The predicted octanol–water partition coefficient (Wildman–Crippen LogP) is 3.11. The third-order valence-electron chi connectivity index (χ3n) is 3.06. The highest BCUT2D eigenvalue weighted by molar-refractivity contribution is 5.79. The molecule has 0 fully saturated rings. The Balaban J connectivity index is 2.33. The van der Waals surface area contributed by atoms with Crippen molar-refractivity contribution in [2.75, 3.05) is 0 Å². The summed E-state index contributed by atoms with van der Waals surface area (Å²) in [4.78, 5) is 8.51. The zero-order chi connectivity index (χ0) is 13.5. The number of aromatic nitrogens is 4. The van der Waals surface area contributed by atoms with Crippen LogP contribution in [0.25, 0.3) is 16.7 Å². The van der Waals surface area contributed by atoms with Gasteiger partial charge in [-0.25, -0.2) is 14.6 Å². The Kier molecular flexibility index (Phi) is 2.59. The first-order valence-corrected chi connectivity index (χ1v) is 6.32. The Bertz CT molecular complexity index is 708. The highest BCUT2D eigenvalue weighted by Crippen LogP contribution is 2.29. The highest BCUT2D eigenvalue weighted by atomic mass is 15.3. The molecule has 0 aliphatic rings. The smallest absolute Gasteiger partial charge is 0.166 e. The van der Waals surface area contributed by atoms with E-state index in [1.807, 2.05) is 41.2 Å². The Morgan fingerprint density at radius 1 is 1.05 bits per heavy atom. The van der Waals surface area contributed by atoms with E-state index in [1.165, 1.54) is 0 Å². The van der Waals surface area contributed by atoms with Crippen molar-refractivity contribution in [3.8, 4) is 5.69 Å². The van der Waals surface area contributed by atoms with Gasteiger partial charge in [0.25, 0.3) is 0 Å². The summed E-state index contributed by atoms with van der Waals surface area (Å²) in [7, 11) is 0. The molecular formula is C15H16N4. The Hall–Kier alpha value is -2.23. The number of hydrogen-bond acceptors (Lipinski definition) is 3. The van der Waals surface area contributed by atoms with E-state index < -0.39 is 0 Å². The van der Waals surface area contributed by atoms with Crippen LogP contribution < -0.4 is 0 Å². The van der Waals surface area contributed by atoms with E-state index in [2.05, 4.69) is 30.7 Å². The molecule has 19 heavy (non-hydrogen) atoms. The van der Waals surface area contributed by atoms with E-state index in [4.69, 9.17) is 5.10 Å². The van der Waals surface area contributed by atoms with Gasteiger partial charge in [-0.15, -0.1) is 0 Å². The normalized spacial score (nSPS) is 11.9. The third kappa shape index (κ3) is 1.99. The predicted molar refractivity (Wildman–Crippen MR) is 75.4 cm³/mol. The van der Waals surface area contributed by atoms with Gasteiger partial charge in [0, 0.05) is 11.6 Å². The first-order valence-electron chi connectivity index (χ1n) is 6.32. The van der Waals surface area contributed by atoms with Crippen LogP contribution in [0.5, 0.6) is 0 Å². The average Bonchev–Trinajstić information content (AvgIpc) is 2.79. The fourth-order valence-electron chi connectivity index (χ4n) is 2.16. The van der Waals surface area contributed by atoms with Gasteiger partial charge in [-0.1, -0.05) is 39.0 Å². The molecule has 0 saturated carbocycles. The second-order valence-electron chi connectivity index (χ2n) is 5.61. The molecular weight excluding hydrogens is 236 g/mol. The molecule has 96 valence electrons. The molecule has 4 heteroatoms. The summed E-state index contributed by atoms with van der Waals surface area (Å²) in [6.45, 7) is 6.45. The number of fused-ring (bicyclic) bond motifs is 1. The lowest BCUT2D eigenvalue weighted by molar-refractivity contribution is 0.565. The van der Waals surface area contributed by atoms with Crippen LogP contribution in [0.15, 0.2) is 42.9 Å². The second kappa shape index (κ2) is 4.16. The second-order valence-corrected chi connectivity index (χ2v) is 5.61. The Labute approximate surface area is 112 Å². The summed E-state index contributed by atoms with van der Waals surface area (Å²) in [5.74, 6) is 0. The molecule has 0 atom stereocenters. The summed E-state index contributed by atoms with van der Waals surface area (Å²) in [5, 5.41) is 5.76. The minimum Gasteiger partial charge on any atom is -0.244 e. The van der Waals surface area contributed by atoms with Crippen molar-refractivity contribution < 1.29 is 0 Å². The van der Waals surface area contributed by atoms with Gasteiger partial charge in [0.1, 0.15) is 6.33 Å². The van der Waals surface area contributed by atoms with Gasteiger partial charge in [0.15, 0.2) is 5.65 Å². The van der Waals surface area contributed by atoms with Crippen LogP contribution in [0.3, 0.4) is 0 Å². The monoisotopic (exact) mass is 252 g/mol. The van der Waals surface area contributed by atoms with E-state index in [0.717, 1.165) is 22.4 Å². The molecule has 0 aliphatic heterocycles. The molecule has 3 rings (SSSR count). The SMILES string of the molecule is CC(C)(C)c1nn(-c2ccccc2)c2ncncc12. The van der Waals surface area contributed by atoms with Crippen molar-refractivity contribution >= 4 is 11.0 Å². The fourth-order valence-corrected chi connectivity index (χ4v) is 2.16. The summed E-state index contributed by atoms with van der Waals surface area (Å²) in [5.41, 5.74) is 2.85. The molecule has 2 heterocycles. The van der Waals surface area contributed by atoms with E-state index in [1.54, 1.807) is 6.33 Å². The van der Waals surface area contributed by atoms with Crippen LogP contribution in [0.1, 0.15) is 26.5 Å². The van der Waals surface area contributed by atoms with Crippen molar-refractivity contribution in [3.05, 3.63) is 48.5 Å². The van der Waals surface area contributed by atoms with Gasteiger partial charge in [0.2, 0.25) is 0 Å². The zero-order valence-electron chi connectivity index (χ0n) is 11.3. The maximum Gasteiger partial charge on any atom is 0.166 e. The number of nitrogens with zero attached hydrogens (tertiary/aromatic N) is 4. The van der Waals surface area contributed by atoms with E-state index in [0.29, 0.717) is 0 Å². The molecule has 0 saturated heterocycles. The van der Waals surface area contributed by atoms with E-state index >= 15 is 0 Å². The topological polar surface area (TPSA) is 43.6 Å². The average molecular weight is 252 g/mol. The van der Waals surface area contributed by atoms with Crippen molar-refractivity contribution in [1.82, 2.24) is 19.7 Å². The van der Waals surface area contributed by atoms with Crippen LogP contribution in [0.4, 0.5) is 0 Å². The summed E-state index contributed by atoms with van der Waals surface area (Å²) < 4.78 is 1.89. The van der Waals surface area contributed by atoms with Crippen molar-refractivity contribution in [3.63, 3.8) is 0 Å². The Morgan fingerprint density at radius 2 is 1.79 bits per heavy atom. The van der Waals surface area contributed by atoms with Gasteiger partial charge >= 0.3 is 0 Å². The van der Waals surface area contributed by atoms with Crippen LogP contribution in [-0.2, 0) is 5.41 Å². The minimum atomic E-state index is -0.0387. The zero-order valence-corrected chi connectivity index (χ0v) is 11.3. The summed E-state index contributed by atoms with van der Waals surface area (Å²) in [6.07, 6.45) is 3.41. The third-order valence-corrected chi connectivity index (χ3v) is 3.06. The first kappa shape index (κ1) is 11.8. The highest BCUT2D eigenvalue weighted by Gasteiger charge is 2.23. The lowest BCUT2D eigenvalue weighted by Gasteiger charge is -2.15. The number of benzene rings is 1. The number of rotatable bonds is 1. The fraction of sp³-hybridized carbons (Fsp3) is 0.267. The molecule has 0 radical (unpaired) electrons. The van der Waals surface area contributed by atoms with Crippen molar-refractivity contribution in [2.45, 2.75) is 26.2 Å². The van der Waals surface area contributed by atoms with Gasteiger partial charge < -0.3 is 0 Å². The number of hydrogen-bond donors (Lipinski definition) is 0. The molecule has 0 bridgehead atoms. The van der Waals surface area contributed by atoms with Crippen LogP contribution in [0.2, 0.25) is 0 Å². The van der Waals surface area contributed by atoms with E-state index in [9.17, 15) is 0 Å². The molecule has 0 aliphatic carbocycles. The molecule has 0 amide bonds. The largest absolute Gasteiger partial charge is 0.244 e. The molecule has 0 spiro atoms. The van der Waals surface area contributed by atoms with Crippen LogP contribution >= 0.6 is 0 Å². The molecule has 0 N–H and O–H groups in total. The van der Waals surface area contributed by atoms with Gasteiger partial charge in [-0.05, 0) is 12.1 Å². The van der Waals surface area contributed by atoms with Gasteiger partial charge in [-0.2, -0.15) is 5.10 Å². The lowest BCUT2D eigenvalue weighted by atomic mass is 9.91. The van der Waals surface area contributed by atoms with Crippen LogP contribution in [-0.4, -0.2) is 19.7 Å². The lowest BCUT2D eigenvalue weighted by Crippen LogP contribution is -2.13. The van der Waals surface area contributed by atoms with Crippen molar-refractivity contribution in [2.24, 2.45) is 0 Å². The minimum absolute atomic E-state index is 0.0387. The molecule has 3 aromatic rings. The molecule has 4 nitrogen and oxygen atoms in total. The molecule has 2 aromatic heterocycles. The van der Waals surface area contributed by atoms with Crippen molar-refractivity contribution in [1.29, 1.82) is 0 Å². The summed E-state index contributed by atoms with van der Waals surface area (Å²) in [6, 6.07) is 10.1. The first-order chi connectivity index (χ1) is 9.07.